The molecule has 1 saturated carbocycles. The van der Waals surface area contributed by atoms with Crippen LogP contribution in [0.2, 0.25) is 0 Å². The van der Waals surface area contributed by atoms with Gasteiger partial charge < -0.3 is 5.11 Å². The Morgan fingerprint density at radius 1 is 0.886 bits per heavy atom. The summed E-state index contributed by atoms with van der Waals surface area (Å²) in [5, 5.41) is 18.7. The Kier molecular flexibility index (Phi) is 5.66. The van der Waals surface area contributed by atoms with Gasteiger partial charge in [0.1, 0.15) is 5.60 Å². The molecule has 35 heavy (non-hydrogen) atoms. The smallest absolute Gasteiger partial charge is 0.181 e. The van der Waals surface area contributed by atoms with E-state index in [4.69, 9.17) is 0 Å². The van der Waals surface area contributed by atoms with Crippen LogP contribution in [0.15, 0.2) is 48.8 Å². The van der Waals surface area contributed by atoms with E-state index in [1.807, 2.05) is 18.3 Å². The van der Waals surface area contributed by atoms with Crippen molar-refractivity contribution in [3.63, 3.8) is 0 Å². The Bertz CT molecular complexity index is 1350. The summed E-state index contributed by atoms with van der Waals surface area (Å²) in [6.07, 6.45) is 11.5. The van der Waals surface area contributed by atoms with E-state index in [0.717, 1.165) is 47.6 Å². The average Bonchev–Trinajstić information content (AvgIpc) is 3.49. The van der Waals surface area contributed by atoms with E-state index in [9.17, 15) is 5.11 Å². The molecule has 2 N–H and O–H groups in total. The highest BCUT2D eigenvalue weighted by Gasteiger charge is 2.24. The summed E-state index contributed by atoms with van der Waals surface area (Å²) in [6, 6.07) is 13.7. The molecule has 2 aliphatic rings. The Balaban J connectivity index is 1.29. The summed E-state index contributed by atoms with van der Waals surface area (Å²) in [5.74, 6) is 0. The van der Waals surface area contributed by atoms with Gasteiger partial charge >= 0.3 is 0 Å². The topological polar surface area (TPSA) is 77.9 Å². The number of hydrogen-bond acceptors (Lipinski definition) is 5. The molecule has 0 saturated heterocycles. The van der Waals surface area contributed by atoms with Crippen LogP contribution >= 0.6 is 0 Å². The molecule has 0 unspecified atom stereocenters. The number of aromatic amines is 1. The van der Waals surface area contributed by atoms with Gasteiger partial charge in [-0.3, -0.25) is 15.0 Å². The van der Waals surface area contributed by atoms with Gasteiger partial charge in [-0.2, -0.15) is 5.10 Å². The van der Waals surface area contributed by atoms with Crippen LogP contribution in [0.4, 0.5) is 0 Å². The number of H-pyrrole nitrogens is 1. The Hall–Kier alpha value is -3.09. The summed E-state index contributed by atoms with van der Waals surface area (Å²) >= 11 is 0. The maximum atomic E-state index is 10.2. The largest absolute Gasteiger partial charge is 0.384 e. The molecule has 180 valence electrons. The van der Waals surface area contributed by atoms with Crippen molar-refractivity contribution in [3.8, 4) is 22.4 Å². The maximum absolute atomic E-state index is 10.2. The Morgan fingerprint density at radius 2 is 1.63 bits per heavy atom. The third-order valence-corrected chi connectivity index (χ3v) is 7.81. The van der Waals surface area contributed by atoms with E-state index in [-0.39, 0.29) is 0 Å². The molecule has 4 aromatic rings. The summed E-state index contributed by atoms with van der Waals surface area (Å²) < 4.78 is 0. The molecule has 0 atom stereocenters. The minimum absolute atomic E-state index is 0.639. The molecule has 0 amide bonds. The van der Waals surface area contributed by atoms with Crippen LogP contribution in [0.25, 0.3) is 33.4 Å². The number of fused-ring (bicyclic) bond motifs is 2. The fourth-order valence-corrected chi connectivity index (χ4v) is 5.74. The van der Waals surface area contributed by atoms with Crippen LogP contribution in [0.5, 0.6) is 0 Å². The quantitative estimate of drug-likeness (QED) is 0.428. The molecule has 0 radical (unpaired) electrons. The second kappa shape index (κ2) is 8.85. The first-order valence-electron chi connectivity index (χ1n) is 12.9. The number of nitrogens with one attached hydrogen (secondary N) is 1. The van der Waals surface area contributed by atoms with E-state index in [1.54, 1.807) is 20.0 Å². The van der Waals surface area contributed by atoms with Gasteiger partial charge in [-0.1, -0.05) is 31.0 Å². The van der Waals surface area contributed by atoms with Crippen molar-refractivity contribution in [1.82, 2.24) is 25.1 Å². The molecule has 6 rings (SSSR count). The molecule has 1 aliphatic carbocycles. The number of rotatable bonds is 4. The van der Waals surface area contributed by atoms with Crippen molar-refractivity contribution in [2.45, 2.75) is 64.0 Å². The van der Waals surface area contributed by atoms with Gasteiger partial charge in [0, 0.05) is 48.0 Å². The van der Waals surface area contributed by atoms with Crippen molar-refractivity contribution in [2.75, 3.05) is 13.1 Å². The van der Waals surface area contributed by atoms with Gasteiger partial charge in [0.2, 0.25) is 0 Å². The normalized spacial score (nSPS) is 17.6. The zero-order valence-electron chi connectivity index (χ0n) is 20.6. The van der Waals surface area contributed by atoms with Gasteiger partial charge in [0.15, 0.2) is 5.65 Å². The number of nitrogens with zero attached hydrogens (tertiary/aromatic N) is 4. The van der Waals surface area contributed by atoms with E-state index in [2.05, 4.69) is 49.3 Å². The van der Waals surface area contributed by atoms with Crippen molar-refractivity contribution in [2.24, 2.45) is 0 Å². The predicted molar refractivity (Wildman–Crippen MR) is 139 cm³/mol. The standard InChI is InChI=1S/C29H33N5O/c1-29(2,35)26-10-9-22(17-30-26)27-25-16-23(18-31-28(25)33-32-27)20-8-7-19-11-13-34(14-12-21(19)15-20)24-5-3-4-6-24/h7-10,15-18,24,35H,3-6,11-14H2,1-2H3,(H,31,32,33). The second-order valence-electron chi connectivity index (χ2n) is 10.6. The first-order chi connectivity index (χ1) is 17.0. The van der Waals surface area contributed by atoms with E-state index < -0.39 is 5.60 Å². The third-order valence-electron chi connectivity index (χ3n) is 7.81. The molecule has 6 heteroatoms. The number of aromatic nitrogens is 4. The molecule has 1 aliphatic heterocycles. The van der Waals surface area contributed by atoms with Crippen molar-refractivity contribution in [1.29, 1.82) is 0 Å². The van der Waals surface area contributed by atoms with E-state index >= 15 is 0 Å². The van der Waals surface area contributed by atoms with Crippen molar-refractivity contribution < 1.29 is 5.11 Å². The zero-order valence-corrected chi connectivity index (χ0v) is 20.6. The summed E-state index contributed by atoms with van der Waals surface area (Å²) in [4.78, 5) is 11.8. The molecule has 6 nitrogen and oxygen atoms in total. The summed E-state index contributed by atoms with van der Waals surface area (Å²) in [6.45, 7) is 5.83. The lowest BCUT2D eigenvalue weighted by atomic mass is 9.96. The first-order valence-corrected chi connectivity index (χ1v) is 12.9. The highest BCUT2D eigenvalue weighted by atomic mass is 16.3. The number of hydrogen-bond donors (Lipinski definition) is 2. The molecule has 1 fully saturated rings. The van der Waals surface area contributed by atoms with Gasteiger partial charge in [0.05, 0.1) is 11.4 Å². The molecular weight excluding hydrogens is 434 g/mol. The van der Waals surface area contributed by atoms with Crippen LogP contribution in [0, 0.1) is 0 Å². The van der Waals surface area contributed by atoms with Gasteiger partial charge in [-0.25, -0.2) is 4.98 Å². The fraction of sp³-hybridized carbons (Fsp3) is 0.414. The Morgan fingerprint density at radius 3 is 2.37 bits per heavy atom. The molecule has 0 bridgehead atoms. The highest BCUT2D eigenvalue weighted by molar-refractivity contribution is 5.93. The third kappa shape index (κ3) is 4.37. The van der Waals surface area contributed by atoms with Crippen molar-refractivity contribution >= 4 is 11.0 Å². The minimum Gasteiger partial charge on any atom is -0.384 e. The molecule has 3 aromatic heterocycles. The number of aliphatic hydroxyl groups is 1. The fourth-order valence-electron chi connectivity index (χ4n) is 5.74. The average molecular weight is 468 g/mol. The number of pyridine rings is 2. The lowest BCUT2D eigenvalue weighted by molar-refractivity contribution is 0.0739. The van der Waals surface area contributed by atoms with Gasteiger partial charge in [-0.15, -0.1) is 0 Å². The molecule has 0 spiro atoms. The zero-order chi connectivity index (χ0) is 24.0. The van der Waals surface area contributed by atoms with Crippen LogP contribution < -0.4 is 0 Å². The van der Waals surface area contributed by atoms with Crippen molar-refractivity contribution in [3.05, 3.63) is 65.6 Å². The van der Waals surface area contributed by atoms with Crippen LogP contribution in [-0.2, 0) is 18.4 Å². The van der Waals surface area contributed by atoms with Crippen LogP contribution in [0.1, 0.15) is 56.4 Å². The lowest BCUT2D eigenvalue weighted by Crippen LogP contribution is -2.35. The molecular formula is C29H33N5O. The minimum atomic E-state index is -0.969. The monoisotopic (exact) mass is 467 g/mol. The maximum Gasteiger partial charge on any atom is 0.181 e. The Labute approximate surface area is 206 Å². The van der Waals surface area contributed by atoms with E-state index in [0.29, 0.717) is 11.3 Å². The van der Waals surface area contributed by atoms with E-state index in [1.165, 1.54) is 48.9 Å². The predicted octanol–water partition coefficient (Wildman–Crippen LogP) is 5.26. The SMILES string of the molecule is CC(C)(O)c1ccc(-c2[nH]nc3ncc(-c4ccc5c(c4)CCN(C4CCCC4)CC5)cc23)cn1. The summed E-state index contributed by atoms with van der Waals surface area (Å²) in [7, 11) is 0. The first kappa shape index (κ1) is 22.4. The highest BCUT2D eigenvalue weighted by Crippen LogP contribution is 2.32. The molecule has 4 heterocycles. The number of benzene rings is 1. The lowest BCUT2D eigenvalue weighted by Gasteiger charge is -2.26. The second-order valence-corrected chi connectivity index (χ2v) is 10.6. The molecule has 1 aromatic carbocycles. The van der Waals surface area contributed by atoms with Crippen LogP contribution in [-0.4, -0.2) is 49.3 Å². The van der Waals surface area contributed by atoms with Gasteiger partial charge in [0.25, 0.3) is 0 Å². The van der Waals surface area contributed by atoms with Gasteiger partial charge in [-0.05, 0) is 74.4 Å². The summed E-state index contributed by atoms with van der Waals surface area (Å²) in [5.41, 5.74) is 7.45. The van der Waals surface area contributed by atoms with Crippen LogP contribution in [0.3, 0.4) is 0 Å².